The van der Waals surface area contributed by atoms with Gasteiger partial charge in [0.1, 0.15) is 11.0 Å². The van der Waals surface area contributed by atoms with E-state index in [1.807, 2.05) is 19.9 Å². The van der Waals surface area contributed by atoms with Crippen LogP contribution < -0.4 is 5.43 Å². The third kappa shape index (κ3) is 4.01. The Bertz CT molecular complexity index is 814. The fourth-order valence-electron chi connectivity index (χ4n) is 2.09. The normalized spacial score (nSPS) is 12.3. The molecule has 0 saturated carbocycles. The van der Waals surface area contributed by atoms with Crippen LogP contribution in [0.5, 0.6) is 11.8 Å². The second kappa shape index (κ2) is 6.87. The molecule has 2 rings (SSSR count). The zero-order valence-electron chi connectivity index (χ0n) is 13.7. The summed E-state index contributed by atoms with van der Waals surface area (Å²) in [4.78, 5) is 3.60. The predicted molar refractivity (Wildman–Crippen MR) is 89.6 cm³/mol. The zero-order valence-corrected chi connectivity index (χ0v) is 14.4. The number of hydrogen-bond donors (Lipinski definition) is 3. The smallest absolute Gasteiger partial charge is 0.419 e. The summed E-state index contributed by atoms with van der Waals surface area (Å²) in [6, 6.07) is 1.81. The van der Waals surface area contributed by atoms with Gasteiger partial charge in [-0.05, 0) is 25.0 Å². The van der Waals surface area contributed by atoms with Crippen molar-refractivity contribution in [1.82, 2.24) is 9.66 Å². The van der Waals surface area contributed by atoms with Crippen molar-refractivity contribution in [2.45, 2.75) is 26.9 Å². The molecule has 0 radical (unpaired) electrons. The summed E-state index contributed by atoms with van der Waals surface area (Å²) in [7, 11) is 0. The van der Waals surface area contributed by atoms with E-state index in [2.05, 4.69) is 10.4 Å². The fourth-order valence-corrected chi connectivity index (χ4v) is 2.35. The van der Waals surface area contributed by atoms with Crippen LogP contribution in [0.1, 0.15) is 30.5 Å². The minimum atomic E-state index is -4.62. The molecule has 0 aliphatic carbocycles. The highest BCUT2D eigenvalue weighted by Crippen LogP contribution is 2.36. The molecule has 5 nitrogen and oxygen atoms in total. The van der Waals surface area contributed by atoms with Crippen LogP contribution in [0, 0.1) is 12.8 Å². The summed E-state index contributed by atoms with van der Waals surface area (Å²) < 4.78 is 39.0. The van der Waals surface area contributed by atoms with Gasteiger partial charge in [0.15, 0.2) is 0 Å². The molecular weight excluding hydrogens is 359 g/mol. The van der Waals surface area contributed by atoms with Gasteiger partial charge < -0.3 is 10.2 Å². The summed E-state index contributed by atoms with van der Waals surface area (Å²) in [6.07, 6.45) is -1.13. The van der Waals surface area contributed by atoms with Crippen molar-refractivity contribution in [1.29, 1.82) is 0 Å². The molecule has 2 heterocycles. The van der Waals surface area contributed by atoms with E-state index in [-0.39, 0.29) is 23.5 Å². The highest BCUT2D eigenvalue weighted by atomic mass is 35.5. The first-order valence-electron chi connectivity index (χ1n) is 7.34. The van der Waals surface area contributed by atoms with Gasteiger partial charge in [0.05, 0.1) is 5.56 Å². The minimum Gasteiger partial charge on any atom is -0.493 e. The number of hydrogen-bond acceptors (Lipinski definition) is 4. The lowest BCUT2D eigenvalue weighted by atomic mass is 10.1. The molecule has 3 N–H and O–H groups in total. The third-order valence-corrected chi connectivity index (χ3v) is 3.72. The number of nitrogens with zero attached hydrogens (tertiary/aromatic N) is 2. The van der Waals surface area contributed by atoms with E-state index >= 15 is 0 Å². The molecule has 136 valence electrons. The molecule has 25 heavy (non-hydrogen) atoms. The molecular formula is C16H17ClF3N3O2. The molecule has 0 aromatic carbocycles. The van der Waals surface area contributed by atoms with Gasteiger partial charge in [0.2, 0.25) is 11.8 Å². The van der Waals surface area contributed by atoms with Crippen molar-refractivity contribution in [2.75, 3.05) is 5.43 Å². The largest absolute Gasteiger partial charge is 0.493 e. The molecule has 0 bridgehead atoms. The lowest BCUT2D eigenvalue weighted by molar-refractivity contribution is -0.137. The first-order valence-corrected chi connectivity index (χ1v) is 7.72. The highest BCUT2D eigenvalue weighted by molar-refractivity contribution is 6.30. The average Bonchev–Trinajstić information content (AvgIpc) is 2.68. The van der Waals surface area contributed by atoms with Gasteiger partial charge in [-0.15, -0.1) is 0 Å². The number of anilines is 1. The van der Waals surface area contributed by atoms with E-state index in [9.17, 15) is 23.4 Å². The number of nitrogens with one attached hydrogen (secondary N) is 1. The monoisotopic (exact) mass is 375 g/mol. The Kier molecular flexibility index (Phi) is 5.22. The maximum atomic E-state index is 12.7. The van der Waals surface area contributed by atoms with Gasteiger partial charge in [0.25, 0.3) is 0 Å². The first kappa shape index (κ1) is 19.0. The van der Waals surface area contributed by atoms with Crippen LogP contribution in [0.3, 0.4) is 0 Å². The molecule has 0 aliphatic heterocycles. The summed E-state index contributed by atoms with van der Waals surface area (Å²) >= 11 is 5.56. The number of alkyl halides is 3. The van der Waals surface area contributed by atoms with E-state index in [1.54, 1.807) is 13.0 Å². The summed E-state index contributed by atoms with van der Waals surface area (Å²) in [5.74, 6) is -0.436. The van der Waals surface area contributed by atoms with Crippen molar-refractivity contribution in [3.8, 4) is 11.8 Å². The Morgan fingerprint density at radius 1 is 1.24 bits per heavy atom. The standard InChI is InChI=1S/C16H17ClF3N3O2/c1-8(2)4-5-10-9(3)14(24)23(15(10)25)22-12-7-6-11(13(17)21-12)16(18,19)20/h4-8,24-25H,1-3H3,(H,21,22). The average molecular weight is 376 g/mol. The molecule has 9 heteroatoms. The second-order valence-electron chi connectivity index (χ2n) is 5.77. The lowest BCUT2D eigenvalue weighted by Gasteiger charge is -2.12. The molecule has 0 amide bonds. The van der Waals surface area contributed by atoms with E-state index in [1.165, 1.54) is 0 Å². The van der Waals surface area contributed by atoms with Crippen LogP contribution in [0.2, 0.25) is 5.15 Å². The summed E-state index contributed by atoms with van der Waals surface area (Å²) in [5.41, 5.74) is 2.25. The zero-order chi connectivity index (χ0) is 18.9. The number of aromatic hydroxyl groups is 2. The first-order chi connectivity index (χ1) is 11.5. The van der Waals surface area contributed by atoms with Crippen LogP contribution >= 0.6 is 11.6 Å². The highest BCUT2D eigenvalue weighted by Gasteiger charge is 2.34. The number of halogens is 4. The maximum absolute atomic E-state index is 12.7. The van der Waals surface area contributed by atoms with Gasteiger partial charge >= 0.3 is 6.18 Å². The van der Waals surface area contributed by atoms with E-state index in [4.69, 9.17) is 11.6 Å². The molecule has 0 atom stereocenters. The van der Waals surface area contributed by atoms with Crippen LogP contribution in [-0.4, -0.2) is 19.9 Å². The quantitative estimate of drug-likeness (QED) is 0.670. The number of aromatic nitrogens is 2. The molecule has 0 spiro atoms. The SMILES string of the molecule is Cc1c(C=CC(C)C)c(O)n(Nc2ccc(C(F)(F)F)c(Cl)n2)c1O. The van der Waals surface area contributed by atoms with Crippen LogP contribution in [-0.2, 0) is 6.18 Å². The molecule has 0 aliphatic rings. The summed E-state index contributed by atoms with van der Waals surface area (Å²) in [5, 5.41) is 19.7. The Morgan fingerprint density at radius 3 is 2.40 bits per heavy atom. The molecule has 0 unspecified atom stereocenters. The van der Waals surface area contributed by atoms with Crippen LogP contribution in [0.4, 0.5) is 19.0 Å². The number of pyridine rings is 1. The molecule has 2 aromatic heterocycles. The van der Waals surface area contributed by atoms with Crippen LogP contribution in [0.15, 0.2) is 18.2 Å². The van der Waals surface area contributed by atoms with Gasteiger partial charge in [0, 0.05) is 11.1 Å². The Hall–Kier alpha value is -2.35. The number of rotatable bonds is 4. The van der Waals surface area contributed by atoms with Gasteiger partial charge in [-0.2, -0.15) is 17.8 Å². The van der Waals surface area contributed by atoms with Gasteiger partial charge in [-0.3, -0.25) is 5.43 Å². The lowest BCUT2D eigenvalue weighted by Crippen LogP contribution is -2.12. The van der Waals surface area contributed by atoms with Crippen molar-refractivity contribution in [3.05, 3.63) is 40.1 Å². The second-order valence-corrected chi connectivity index (χ2v) is 6.13. The minimum absolute atomic E-state index is 0.0713. The number of allylic oxidation sites excluding steroid dienone is 1. The van der Waals surface area contributed by atoms with E-state index in [0.717, 1.165) is 16.8 Å². The Balaban J connectivity index is 2.38. The topological polar surface area (TPSA) is 70.3 Å². The van der Waals surface area contributed by atoms with Gasteiger partial charge in [-0.1, -0.05) is 37.6 Å². The van der Waals surface area contributed by atoms with Crippen molar-refractivity contribution >= 4 is 23.5 Å². The van der Waals surface area contributed by atoms with Crippen LogP contribution in [0.25, 0.3) is 6.08 Å². The maximum Gasteiger partial charge on any atom is 0.419 e. The van der Waals surface area contributed by atoms with E-state index in [0.29, 0.717) is 11.1 Å². The Morgan fingerprint density at radius 2 is 1.88 bits per heavy atom. The fraction of sp³-hybridized carbons (Fsp3) is 0.312. The van der Waals surface area contributed by atoms with Crippen molar-refractivity contribution < 1.29 is 23.4 Å². The van der Waals surface area contributed by atoms with Crippen molar-refractivity contribution in [2.24, 2.45) is 5.92 Å². The van der Waals surface area contributed by atoms with Crippen molar-refractivity contribution in [3.63, 3.8) is 0 Å². The molecule has 2 aromatic rings. The summed E-state index contributed by atoms with van der Waals surface area (Å²) in [6.45, 7) is 5.50. The third-order valence-electron chi connectivity index (χ3n) is 3.43. The molecule has 0 fully saturated rings. The van der Waals surface area contributed by atoms with Gasteiger partial charge in [-0.25, -0.2) is 4.98 Å². The van der Waals surface area contributed by atoms with E-state index < -0.39 is 16.9 Å². The predicted octanol–water partition coefficient (Wildman–Crippen LogP) is 4.82. The Labute approximate surface area is 147 Å². The molecule has 0 saturated heterocycles.